The second-order valence-electron chi connectivity index (χ2n) is 5.28. The van der Waals surface area contributed by atoms with Crippen LogP contribution in [0.25, 0.3) is 0 Å². The molecule has 6 heteroatoms. The third-order valence-corrected chi connectivity index (χ3v) is 4.75. The number of rotatable bonds is 6. The van der Waals surface area contributed by atoms with Crippen molar-refractivity contribution < 1.29 is 4.39 Å². The molecular weight excluding hydrogens is 341 g/mol. The quantitative estimate of drug-likeness (QED) is 0.765. The molecule has 1 aromatic carbocycles. The average Bonchev–Trinajstić information content (AvgIpc) is 3.23. The van der Waals surface area contributed by atoms with Gasteiger partial charge >= 0.3 is 0 Å². The van der Waals surface area contributed by atoms with Crippen LogP contribution in [-0.4, -0.2) is 35.6 Å². The lowest BCUT2D eigenvalue weighted by molar-refractivity contribution is 0.257. The second kappa shape index (κ2) is 6.37. The first-order chi connectivity index (χ1) is 9.41. The van der Waals surface area contributed by atoms with Gasteiger partial charge in [-0.2, -0.15) is 0 Å². The maximum absolute atomic E-state index is 14.2. The van der Waals surface area contributed by atoms with Gasteiger partial charge in [-0.25, -0.2) is 4.39 Å². The normalized spacial score (nSPS) is 16.2. The first kappa shape index (κ1) is 15.7. The van der Waals surface area contributed by atoms with Gasteiger partial charge in [0.05, 0.1) is 10.2 Å². The molecule has 0 bridgehead atoms. The summed E-state index contributed by atoms with van der Waals surface area (Å²) in [7, 11) is 2.12. The molecule has 20 heavy (non-hydrogen) atoms. The molecular formula is C14H19BrFN3S. The molecule has 1 unspecified atom stereocenters. The lowest BCUT2D eigenvalue weighted by Gasteiger charge is -2.25. The highest BCUT2D eigenvalue weighted by molar-refractivity contribution is 9.10. The van der Waals surface area contributed by atoms with Crippen LogP contribution in [0, 0.1) is 5.82 Å². The highest BCUT2D eigenvalue weighted by Crippen LogP contribution is 2.29. The summed E-state index contributed by atoms with van der Waals surface area (Å²) in [6.45, 7) is 2.84. The number of hydrogen-bond donors (Lipinski definition) is 2. The summed E-state index contributed by atoms with van der Waals surface area (Å²) in [5.74, 6) is -0.350. The van der Waals surface area contributed by atoms with Gasteiger partial charge in [0.15, 0.2) is 5.82 Å². The molecule has 1 fully saturated rings. The summed E-state index contributed by atoms with van der Waals surface area (Å²) in [4.78, 5) is 2.52. The summed E-state index contributed by atoms with van der Waals surface area (Å²) in [6.07, 6.45) is 2.53. The number of nitrogens with zero attached hydrogens (tertiary/aromatic N) is 1. The Morgan fingerprint density at radius 3 is 2.80 bits per heavy atom. The Balaban J connectivity index is 2.02. The molecule has 0 aromatic heterocycles. The van der Waals surface area contributed by atoms with Crippen LogP contribution in [0.2, 0.25) is 0 Å². The van der Waals surface area contributed by atoms with Gasteiger partial charge in [-0.05, 0) is 54.9 Å². The van der Waals surface area contributed by atoms with Crippen LogP contribution in [-0.2, 0) is 0 Å². The van der Waals surface area contributed by atoms with Gasteiger partial charge < -0.3 is 11.1 Å². The predicted octanol–water partition coefficient (Wildman–Crippen LogP) is 3.12. The standard InChI is InChI=1S/C14H19BrFN3S/c1-8(19(2)9-3-4-9)7-18-11-6-5-10(14(17)20)12(15)13(11)16/h5-6,8-9,18H,3-4,7H2,1-2H3,(H2,17,20). The monoisotopic (exact) mass is 359 g/mol. The Kier molecular flexibility index (Phi) is 4.99. The smallest absolute Gasteiger partial charge is 0.161 e. The second-order valence-corrected chi connectivity index (χ2v) is 6.51. The summed E-state index contributed by atoms with van der Waals surface area (Å²) in [5.41, 5.74) is 6.53. The number of nitrogens with one attached hydrogen (secondary N) is 1. The van der Waals surface area contributed by atoms with Gasteiger partial charge in [0.2, 0.25) is 0 Å². The first-order valence-corrected chi connectivity index (χ1v) is 7.85. The Bertz CT molecular complexity index is 519. The van der Waals surface area contributed by atoms with Crippen molar-refractivity contribution in [1.82, 2.24) is 4.90 Å². The summed E-state index contributed by atoms with van der Waals surface area (Å²) < 4.78 is 14.5. The fourth-order valence-electron chi connectivity index (χ4n) is 2.12. The molecule has 0 aliphatic heterocycles. The van der Waals surface area contributed by atoms with E-state index in [1.807, 2.05) is 0 Å². The van der Waals surface area contributed by atoms with E-state index in [4.69, 9.17) is 18.0 Å². The Morgan fingerprint density at radius 1 is 1.60 bits per heavy atom. The van der Waals surface area contributed by atoms with E-state index in [0.717, 1.165) is 0 Å². The molecule has 3 N–H and O–H groups in total. The molecule has 1 atom stereocenters. The number of likely N-dealkylation sites (N-methyl/N-ethyl adjacent to an activating group) is 1. The van der Waals surface area contributed by atoms with Gasteiger partial charge in [0, 0.05) is 24.2 Å². The number of anilines is 1. The van der Waals surface area contributed by atoms with Crippen molar-refractivity contribution in [2.24, 2.45) is 5.73 Å². The topological polar surface area (TPSA) is 41.3 Å². The SMILES string of the molecule is CC(CNc1ccc(C(N)=S)c(Br)c1F)N(C)C1CC1. The molecule has 0 heterocycles. The van der Waals surface area contributed by atoms with Gasteiger partial charge in [0.1, 0.15) is 4.99 Å². The predicted molar refractivity (Wildman–Crippen MR) is 88.7 cm³/mol. The van der Waals surface area contributed by atoms with E-state index in [2.05, 4.69) is 40.1 Å². The van der Waals surface area contributed by atoms with E-state index in [0.29, 0.717) is 34.4 Å². The van der Waals surface area contributed by atoms with Crippen LogP contribution in [0.5, 0.6) is 0 Å². The average molecular weight is 360 g/mol. The molecule has 0 spiro atoms. The van der Waals surface area contributed by atoms with Crippen molar-refractivity contribution in [2.75, 3.05) is 18.9 Å². The zero-order valence-electron chi connectivity index (χ0n) is 11.6. The number of nitrogens with two attached hydrogens (primary N) is 1. The Hall–Kier alpha value is -0.720. The lowest BCUT2D eigenvalue weighted by Crippen LogP contribution is -2.36. The van der Waals surface area contributed by atoms with E-state index in [9.17, 15) is 4.39 Å². The van der Waals surface area contributed by atoms with E-state index in [1.165, 1.54) is 12.8 Å². The molecule has 0 amide bonds. The maximum Gasteiger partial charge on any atom is 0.161 e. The minimum Gasteiger partial charge on any atom is -0.389 e. The zero-order valence-corrected chi connectivity index (χ0v) is 14.0. The molecule has 0 saturated heterocycles. The van der Waals surface area contributed by atoms with Gasteiger partial charge in [-0.15, -0.1) is 0 Å². The van der Waals surface area contributed by atoms with Crippen molar-refractivity contribution in [3.05, 3.63) is 28.0 Å². The molecule has 1 aliphatic rings. The minimum absolute atomic E-state index is 0.184. The van der Waals surface area contributed by atoms with E-state index in [-0.39, 0.29) is 10.8 Å². The van der Waals surface area contributed by atoms with Crippen LogP contribution >= 0.6 is 28.1 Å². The van der Waals surface area contributed by atoms with Crippen LogP contribution < -0.4 is 11.1 Å². The zero-order chi connectivity index (χ0) is 14.9. The number of halogens is 2. The van der Waals surface area contributed by atoms with Crippen LogP contribution in [0.4, 0.5) is 10.1 Å². The van der Waals surface area contributed by atoms with E-state index in [1.54, 1.807) is 12.1 Å². The number of thiocarbonyl (C=S) groups is 1. The fourth-order valence-corrected chi connectivity index (χ4v) is 2.98. The van der Waals surface area contributed by atoms with Gasteiger partial charge in [0.25, 0.3) is 0 Å². The largest absolute Gasteiger partial charge is 0.389 e. The summed E-state index contributed by atoms with van der Waals surface area (Å²) in [5, 5.41) is 3.15. The lowest BCUT2D eigenvalue weighted by atomic mass is 10.2. The number of benzene rings is 1. The molecule has 3 nitrogen and oxygen atoms in total. The van der Waals surface area contributed by atoms with Gasteiger partial charge in [-0.1, -0.05) is 12.2 Å². The van der Waals surface area contributed by atoms with Crippen LogP contribution in [0.1, 0.15) is 25.3 Å². The Morgan fingerprint density at radius 2 is 2.25 bits per heavy atom. The van der Waals surface area contributed by atoms with Crippen molar-refractivity contribution in [1.29, 1.82) is 0 Å². The van der Waals surface area contributed by atoms with Crippen molar-refractivity contribution in [3.8, 4) is 0 Å². The summed E-state index contributed by atoms with van der Waals surface area (Å²) in [6, 6.07) is 4.46. The van der Waals surface area contributed by atoms with E-state index >= 15 is 0 Å². The van der Waals surface area contributed by atoms with E-state index < -0.39 is 0 Å². The van der Waals surface area contributed by atoms with Crippen LogP contribution in [0.3, 0.4) is 0 Å². The number of hydrogen-bond acceptors (Lipinski definition) is 3. The summed E-state index contributed by atoms with van der Waals surface area (Å²) >= 11 is 8.09. The molecule has 1 aromatic rings. The fraction of sp³-hybridized carbons (Fsp3) is 0.500. The highest BCUT2D eigenvalue weighted by atomic mass is 79.9. The van der Waals surface area contributed by atoms with Gasteiger partial charge in [-0.3, -0.25) is 4.90 Å². The first-order valence-electron chi connectivity index (χ1n) is 6.65. The Labute approximate surface area is 132 Å². The van der Waals surface area contributed by atoms with Crippen LogP contribution in [0.15, 0.2) is 16.6 Å². The van der Waals surface area contributed by atoms with Crippen molar-refractivity contribution in [3.63, 3.8) is 0 Å². The maximum atomic E-state index is 14.2. The molecule has 1 aliphatic carbocycles. The molecule has 1 saturated carbocycles. The highest BCUT2D eigenvalue weighted by Gasteiger charge is 2.29. The third-order valence-electron chi connectivity index (χ3n) is 3.75. The molecule has 110 valence electrons. The third kappa shape index (κ3) is 3.48. The minimum atomic E-state index is -0.350. The molecule has 2 rings (SSSR count). The van der Waals surface area contributed by atoms with Crippen molar-refractivity contribution >= 4 is 38.8 Å². The molecule has 0 radical (unpaired) electrons. The van der Waals surface area contributed by atoms with Crippen molar-refractivity contribution in [2.45, 2.75) is 31.8 Å².